The lowest BCUT2D eigenvalue weighted by atomic mass is 9.99. The highest BCUT2D eigenvalue weighted by Crippen LogP contribution is 2.21. The Morgan fingerprint density at radius 2 is 1.05 bits per heavy atom. The molecule has 0 aliphatic rings. The second-order valence-electron chi connectivity index (χ2n) is 7.67. The van der Waals surface area contributed by atoms with Crippen molar-refractivity contribution >= 4 is 0 Å². The van der Waals surface area contributed by atoms with Crippen LogP contribution in [0.5, 0.6) is 0 Å². The van der Waals surface area contributed by atoms with Gasteiger partial charge < -0.3 is 4.74 Å². The van der Waals surface area contributed by atoms with Gasteiger partial charge in [0.2, 0.25) is 0 Å². The SMILES string of the molecule is CC(C)=CCC(CC(C)C)OC(CC=C(C)C)CC(C)C. The van der Waals surface area contributed by atoms with Crippen LogP contribution in [0.4, 0.5) is 0 Å². The number of allylic oxidation sites excluding steroid dienone is 2. The average Bonchev–Trinajstić information content (AvgIpc) is 2.31. The minimum absolute atomic E-state index is 0.356. The number of rotatable bonds is 10. The molecule has 124 valence electrons. The Kier molecular flexibility index (Phi) is 10.8. The minimum atomic E-state index is 0.356. The zero-order valence-electron chi connectivity index (χ0n) is 15.7. The highest BCUT2D eigenvalue weighted by Gasteiger charge is 2.17. The van der Waals surface area contributed by atoms with Crippen molar-refractivity contribution in [3.05, 3.63) is 23.3 Å². The van der Waals surface area contributed by atoms with Crippen molar-refractivity contribution in [3.8, 4) is 0 Å². The first-order chi connectivity index (χ1) is 9.70. The second-order valence-corrected chi connectivity index (χ2v) is 7.67. The largest absolute Gasteiger partial charge is 0.374 e. The minimum Gasteiger partial charge on any atom is -0.374 e. The van der Waals surface area contributed by atoms with Gasteiger partial charge in [0.05, 0.1) is 12.2 Å². The summed E-state index contributed by atoms with van der Waals surface area (Å²) >= 11 is 0. The highest BCUT2D eigenvalue weighted by atomic mass is 16.5. The lowest BCUT2D eigenvalue weighted by molar-refractivity contribution is -0.0278. The molecule has 1 nitrogen and oxygen atoms in total. The van der Waals surface area contributed by atoms with Crippen molar-refractivity contribution in [1.82, 2.24) is 0 Å². The molecule has 2 atom stereocenters. The summed E-state index contributed by atoms with van der Waals surface area (Å²) in [7, 11) is 0. The Balaban J connectivity index is 4.74. The average molecular weight is 295 g/mol. The molecule has 0 fully saturated rings. The van der Waals surface area contributed by atoms with Crippen LogP contribution in [0.2, 0.25) is 0 Å². The van der Waals surface area contributed by atoms with E-state index in [1.54, 1.807) is 0 Å². The first-order valence-electron chi connectivity index (χ1n) is 8.62. The second kappa shape index (κ2) is 11.1. The van der Waals surface area contributed by atoms with Gasteiger partial charge in [-0.05, 0) is 65.2 Å². The van der Waals surface area contributed by atoms with Crippen molar-refractivity contribution in [3.63, 3.8) is 0 Å². The topological polar surface area (TPSA) is 9.23 Å². The van der Waals surface area contributed by atoms with Crippen LogP contribution < -0.4 is 0 Å². The van der Waals surface area contributed by atoms with E-state index in [2.05, 4.69) is 67.5 Å². The Morgan fingerprint density at radius 1 is 0.714 bits per heavy atom. The van der Waals surface area contributed by atoms with Gasteiger partial charge in [-0.15, -0.1) is 0 Å². The molecule has 21 heavy (non-hydrogen) atoms. The van der Waals surface area contributed by atoms with Crippen molar-refractivity contribution in [1.29, 1.82) is 0 Å². The molecule has 0 heterocycles. The molecule has 0 saturated carbocycles. The Hall–Kier alpha value is -0.560. The van der Waals surface area contributed by atoms with E-state index >= 15 is 0 Å². The summed E-state index contributed by atoms with van der Waals surface area (Å²) in [5.41, 5.74) is 2.77. The van der Waals surface area contributed by atoms with Crippen LogP contribution in [0.15, 0.2) is 23.3 Å². The van der Waals surface area contributed by atoms with E-state index in [0.717, 1.165) is 25.7 Å². The van der Waals surface area contributed by atoms with Crippen LogP contribution in [0.25, 0.3) is 0 Å². The molecular formula is C20H38O. The van der Waals surface area contributed by atoms with Gasteiger partial charge in [-0.25, -0.2) is 0 Å². The van der Waals surface area contributed by atoms with E-state index < -0.39 is 0 Å². The van der Waals surface area contributed by atoms with Gasteiger partial charge in [0.15, 0.2) is 0 Å². The molecule has 0 spiro atoms. The molecule has 0 aromatic carbocycles. The fourth-order valence-electron chi connectivity index (χ4n) is 2.47. The van der Waals surface area contributed by atoms with Crippen molar-refractivity contribution in [2.24, 2.45) is 11.8 Å². The van der Waals surface area contributed by atoms with Crippen LogP contribution in [-0.2, 0) is 4.74 Å². The molecule has 0 saturated heterocycles. The first-order valence-corrected chi connectivity index (χ1v) is 8.62. The maximum atomic E-state index is 6.48. The first kappa shape index (κ1) is 20.4. The van der Waals surface area contributed by atoms with Crippen LogP contribution in [-0.4, -0.2) is 12.2 Å². The predicted octanol–water partition coefficient (Wildman–Crippen LogP) is 6.55. The number of ether oxygens (including phenoxy) is 1. The van der Waals surface area contributed by atoms with Crippen molar-refractivity contribution in [2.45, 2.75) is 93.3 Å². The Morgan fingerprint density at radius 3 is 1.29 bits per heavy atom. The summed E-state index contributed by atoms with van der Waals surface area (Å²) in [6.45, 7) is 17.8. The molecule has 0 radical (unpaired) electrons. The van der Waals surface area contributed by atoms with E-state index in [1.807, 2.05) is 0 Å². The zero-order valence-corrected chi connectivity index (χ0v) is 15.7. The van der Waals surface area contributed by atoms with Gasteiger partial charge >= 0.3 is 0 Å². The highest BCUT2D eigenvalue weighted by molar-refractivity contribution is 4.96. The lowest BCUT2D eigenvalue weighted by Crippen LogP contribution is -2.24. The van der Waals surface area contributed by atoms with E-state index in [1.165, 1.54) is 11.1 Å². The predicted molar refractivity (Wildman–Crippen MR) is 95.7 cm³/mol. The normalized spacial score (nSPS) is 14.2. The fraction of sp³-hybridized carbons (Fsp3) is 0.800. The van der Waals surface area contributed by atoms with Gasteiger partial charge in [-0.1, -0.05) is 51.0 Å². The van der Waals surface area contributed by atoms with Crippen LogP contribution in [0.3, 0.4) is 0 Å². The molecular weight excluding hydrogens is 256 g/mol. The third-order valence-corrected chi connectivity index (χ3v) is 3.43. The molecule has 0 aliphatic heterocycles. The molecule has 0 amide bonds. The lowest BCUT2D eigenvalue weighted by Gasteiger charge is -2.26. The fourth-order valence-corrected chi connectivity index (χ4v) is 2.47. The summed E-state index contributed by atoms with van der Waals surface area (Å²) in [6, 6.07) is 0. The number of hydrogen-bond acceptors (Lipinski definition) is 1. The summed E-state index contributed by atoms with van der Waals surface area (Å²) in [6.07, 6.45) is 9.73. The van der Waals surface area contributed by atoms with Gasteiger partial charge in [0.25, 0.3) is 0 Å². The Bertz CT molecular complexity index is 283. The molecule has 1 heteroatoms. The molecule has 0 aromatic heterocycles. The summed E-state index contributed by atoms with van der Waals surface area (Å²) in [4.78, 5) is 0. The molecule has 0 rings (SSSR count). The van der Waals surface area contributed by atoms with Crippen LogP contribution >= 0.6 is 0 Å². The van der Waals surface area contributed by atoms with Crippen LogP contribution in [0, 0.1) is 11.8 Å². The van der Waals surface area contributed by atoms with Gasteiger partial charge in [-0.2, -0.15) is 0 Å². The summed E-state index contributed by atoms with van der Waals surface area (Å²) in [5, 5.41) is 0. The number of hydrogen-bond donors (Lipinski definition) is 0. The van der Waals surface area contributed by atoms with E-state index in [0.29, 0.717) is 24.0 Å². The third-order valence-electron chi connectivity index (χ3n) is 3.43. The Labute approximate surface area is 133 Å². The quantitative estimate of drug-likeness (QED) is 0.415. The summed E-state index contributed by atoms with van der Waals surface area (Å²) < 4.78 is 6.48. The smallest absolute Gasteiger partial charge is 0.0616 e. The van der Waals surface area contributed by atoms with E-state index in [9.17, 15) is 0 Å². The summed E-state index contributed by atoms with van der Waals surface area (Å²) in [5.74, 6) is 1.37. The molecule has 0 bridgehead atoms. The van der Waals surface area contributed by atoms with Crippen molar-refractivity contribution in [2.75, 3.05) is 0 Å². The van der Waals surface area contributed by atoms with Gasteiger partial charge in [-0.3, -0.25) is 0 Å². The van der Waals surface area contributed by atoms with Gasteiger partial charge in [0.1, 0.15) is 0 Å². The third kappa shape index (κ3) is 12.9. The van der Waals surface area contributed by atoms with E-state index in [-0.39, 0.29) is 0 Å². The molecule has 0 N–H and O–H groups in total. The van der Waals surface area contributed by atoms with E-state index in [4.69, 9.17) is 4.74 Å². The molecule has 0 aromatic rings. The van der Waals surface area contributed by atoms with Crippen molar-refractivity contribution < 1.29 is 4.74 Å². The maximum absolute atomic E-state index is 6.48. The van der Waals surface area contributed by atoms with Crippen LogP contribution in [0.1, 0.15) is 81.1 Å². The molecule has 0 aliphatic carbocycles. The zero-order chi connectivity index (χ0) is 16.4. The van der Waals surface area contributed by atoms with Gasteiger partial charge in [0, 0.05) is 0 Å². The maximum Gasteiger partial charge on any atom is 0.0616 e. The molecule has 2 unspecified atom stereocenters. The standard InChI is InChI=1S/C20H38O/c1-15(2)9-11-19(13-17(5)6)21-20(14-18(7)8)12-10-16(3)4/h9-10,17-20H,11-14H2,1-8H3. The monoisotopic (exact) mass is 294 g/mol.